The number of rotatable bonds is 6. The van der Waals surface area contributed by atoms with E-state index < -0.39 is 0 Å². The predicted molar refractivity (Wildman–Crippen MR) is 120 cm³/mol. The Bertz CT molecular complexity index is 1080. The molecule has 0 bridgehead atoms. The summed E-state index contributed by atoms with van der Waals surface area (Å²) in [4.78, 5) is 12.2. The van der Waals surface area contributed by atoms with Gasteiger partial charge in [-0.15, -0.1) is 0 Å². The van der Waals surface area contributed by atoms with E-state index in [0.29, 0.717) is 17.9 Å². The zero-order valence-electron chi connectivity index (χ0n) is 17.9. The van der Waals surface area contributed by atoms with Crippen LogP contribution >= 0.6 is 0 Å². The van der Waals surface area contributed by atoms with Gasteiger partial charge in [-0.3, -0.25) is 14.6 Å². The number of ether oxygens (including phenoxy) is 1. The molecular formula is C24H30N6O. The highest BCUT2D eigenvalue weighted by Gasteiger charge is 2.34. The molecule has 162 valence electrons. The lowest BCUT2D eigenvalue weighted by Gasteiger charge is -2.34. The van der Waals surface area contributed by atoms with E-state index >= 15 is 0 Å². The van der Waals surface area contributed by atoms with E-state index in [1.165, 1.54) is 24.1 Å². The standard InChI is InChI=1S/C24H30N6O/c25-12-17-9-19(10-17)30-15-20(24(28-30)18-2-3-18)23-13-26-21-4-1-16(11-22(21)27-23)14-29-5-7-31-8-6-29/h1,4,11,13,15,17-19H,2-3,5-10,12,14,25H2. The fraction of sp³-hybridized carbons (Fsp3) is 0.542. The molecule has 1 aliphatic heterocycles. The smallest absolute Gasteiger partial charge is 0.0927 e. The van der Waals surface area contributed by atoms with Gasteiger partial charge in [0, 0.05) is 37.3 Å². The molecule has 0 radical (unpaired) electrons. The third kappa shape index (κ3) is 3.86. The van der Waals surface area contributed by atoms with Crippen LogP contribution in [0.4, 0.5) is 0 Å². The van der Waals surface area contributed by atoms with Gasteiger partial charge in [0.05, 0.1) is 47.9 Å². The Labute approximate surface area is 182 Å². The summed E-state index contributed by atoms with van der Waals surface area (Å²) in [5, 5.41) is 5.00. The Balaban J connectivity index is 1.30. The fourth-order valence-electron chi connectivity index (χ4n) is 4.86. The molecule has 31 heavy (non-hydrogen) atoms. The Kier molecular flexibility index (Phi) is 4.97. The topological polar surface area (TPSA) is 82.1 Å². The largest absolute Gasteiger partial charge is 0.379 e. The van der Waals surface area contributed by atoms with Crippen molar-refractivity contribution >= 4 is 11.0 Å². The van der Waals surface area contributed by atoms with Crippen molar-refractivity contribution in [1.29, 1.82) is 0 Å². The first-order chi connectivity index (χ1) is 15.3. The summed E-state index contributed by atoms with van der Waals surface area (Å²) >= 11 is 0. The molecule has 2 aliphatic carbocycles. The second-order valence-electron chi connectivity index (χ2n) is 9.38. The Morgan fingerprint density at radius 2 is 1.94 bits per heavy atom. The molecule has 3 aromatic rings. The molecule has 0 atom stereocenters. The number of aromatic nitrogens is 4. The summed E-state index contributed by atoms with van der Waals surface area (Å²) in [5.41, 5.74) is 12.3. The molecule has 1 saturated heterocycles. The lowest BCUT2D eigenvalue weighted by molar-refractivity contribution is 0.0342. The summed E-state index contributed by atoms with van der Waals surface area (Å²) in [6.45, 7) is 5.32. The van der Waals surface area contributed by atoms with Crippen LogP contribution < -0.4 is 5.73 Å². The van der Waals surface area contributed by atoms with E-state index in [-0.39, 0.29) is 0 Å². The average Bonchev–Trinajstić information content (AvgIpc) is 3.52. The van der Waals surface area contributed by atoms with Crippen LogP contribution in [0.25, 0.3) is 22.3 Å². The van der Waals surface area contributed by atoms with Crippen LogP contribution in [0.3, 0.4) is 0 Å². The fourth-order valence-corrected chi connectivity index (χ4v) is 4.86. The summed E-state index contributed by atoms with van der Waals surface area (Å²) in [6.07, 6.45) is 8.85. The molecule has 2 aromatic heterocycles. The Morgan fingerprint density at radius 1 is 1.10 bits per heavy atom. The van der Waals surface area contributed by atoms with Gasteiger partial charge in [0.1, 0.15) is 0 Å². The number of nitrogens with two attached hydrogens (primary N) is 1. The monoisotopic (exact) mass is 418 g/mol. The molecule has 0 amide bonds. The van der Waals surface area contributed by atoms with Crippen molar-refractivity contribution in [1.82, 2.24) is 24.6 Å². The molecule has 7 nitrogen and oxygen atoms in total. The average molecular weight is 419 g/mol. The van der Waals surface area contributed by atoms with E-state index in [4.69, 9.17) is 25.5 Å². The molecule has 2 saturated carbocycles. The number of fused-ring (bicyclic) bond motifs is 1. The van der Waals surface area contributed by atoms with E-state index in [1.54, 1.807) is 0 Å². The van der Waals surface area contributed by atoms with Gasteiger partial charge in [0.25, 0.3) is 0 Å². The SMILES string of the molecule is NCC1CC(n2cc(-c3cnc4ccc(CN5CCOCC5)cc4n3)c(C3CC3)n2)C1. The highest BCUT2D eigenvalue weighted by Crippen LogP contribution is 2.45. The van der Waals surface area contributed by atoms with Crippen molar-refractivity contribution in [3.63, 3.8) is 0 Å². The minimum atomic E-state index is 0.480. The molecule has 7 heteroatoms. The van der Waals surface area contributed by atoms with Crippen LogP contribution in [-0.4, -0.2) is 57.5 Å². The van der Waals surface area contributed by atoms with E-state index in [9.17, 15) is 0 Å². The number of hydrogen-bond donors (Lipinski definition) is 1. The molecule has 1 aromatic carbocycles. The maximum absolute atomic E-state index is 5.83. The normalized spacial score (nSPS) is 24.4. The quantitative estimate of drug-likeness (QED) is 0.662. The van der Waals surface area contributed by atoms with Crippen LogP contribution in [0.1, 0.15) is 48.9 Å². The highest BCUT2D eigenvalue weighted by molar-refractivity contribution is 5.78. The molecular weight excluding hydrogens is 388 g/mol. The summed E-state index contributed by atoms with van der Waals surface area (Å²) in [5.74, 6) is 1.22. The summed E-state index contributed by atoms with van der Waals surface area (Å²) in [7, 11) is 0. The van der Waals surface area contributed by atoms with Gasteiger partial charge < -0.3 is 10.5 Å². The van der Waals surface area contributed by atoms with Crippen molar-refractivity contribution in [3.8, 4) is 11.3 Å². The van der Waals surface area contributed by atoms with Gasteiger partial charge in [-0.1, -0.05) is 6.07 Å². The number of morpholine rings is 1. The first kappa shape index (κ1) is 19.3. The highest BCUT2D eigenvalue weighted by atomic mass is 16.5. The van der Waals surface area contributed by atoms with Gasteiger partial charge in [-0.05, 0) is 55.8 Å². The summed E-state index contributed by atoms with van der Waals surface area (Å²) in [6, 6.07) is 6.94. The van der Waals surface area contributed by atoms with Crippen molar-refractivity contribution in [2.45, 2.75) is 44.2 Å². The van der Waals surface area contributed by atoms with Crippen molar-refractivity contribution in [2.24, 2.45) is 11.7 Å². The van der Waals surface area contributed by atoms with E-state index in [0.717, 1.165) is 74.5 Å². The van der Waals surface area contributed by atoms with Crippen molar-refractivity contribution < 1.29 is 4.74 Å². The molecule has 3 fully saturated rings. The summed E-state index contributed by atoms with van der Waals surface area (Å²) < 4.78 is 7.65. The minimum absolute atomic E-state index is 0.480. The number of hydrogen-bond acceptors (Lipinski definition) is 6. The van der Waals surface area contributed by atoms with Gasteiger partial charge >= 0.3 is 0 Å². The molecule has 2 N–H and O–H groups in total. The van der Waals surface area contributed by atoms with Crippen LogP contribution in [0, 0.1) is 5.92 Å². The van der Waals surface area contributed by atoms with Crippen LogP contribution in [0.2, 0.25) is 0 Å². The van der Waals surface area contributed by atoms with Crippen LogP contribution in [0.5, 0.6) is 0 Å². The van der Waals surface area contributed by atoms with Gasteiger partial charge in [0.15, 0.2) is 0 Å². The van der Waals surface area contributed by atoms with Crippen LogP contribution in [0.15, 0.2) is 30.6 Å². The maximum atomic E-state index is 5.83. The van der Waals surface area contributed by atoms with Crippen molar-refractivity contribution in [3.05, 3.63) is 41.9 Å². The third-order valence-electron chi connectivity index (χ3n) is 7.04. The lowest BCUT2D eigenvalue weighted by atomic mass is 9.80. The molecule has 3 aliphatic rings. The Morgan fingerprint density at radius 3 is 2.71 bits per heavy atom. The van der Waals surface area contributed by atoms with E-state index in [2.05, 4.69) is 34.0 Å². The molecule has 6 rings (SSSR count). The molecule has 3 heterocycles. The second kappa shape index (κ2) is 7.97. The second-order valence-corrected chi connectivity index (χ2v) is 9.38. The first-order valence-corrected chi connectivity index (χ1v) is 11.6. The lowest BCUT2D eigenvalue weighted by Crippen LogP contribution is -2.35. The predicted octanol–water partition coefficient (Wildman–Crippen LogP) is 3.11. The molecule has 0 unspecified atom stereocenters. The van der Waals surface area contributed by atoms with Gasteiger partial charge in [-0.2, -0.15) is 5.10 Å². The van der Waals surface area contributed by atoms with Gasteiger partial charge in [0.2, 0.25) is 0 Å². The van der Waals surface area contributed by atoms with Crippen LogP contribution in [-0.2, 0) is 11.3 Å². The van der Waals surface area contributed by atoms with Crippen molar-refractivity contribution in [2.75, 3.05) is 32.8 Å². The van der Waals surface area contributed by atoms with Gasteiger partial charge in [-0.25, -0.2) is 4.98 Å². The van der Waals surface area contributed by atoms with E-state index in [1.807, 2.05) is 6.20 Å². The zero-order chi connectivity index (χ0) is 20.8. The first-order valence-electron chi connectivity index (χ1n) is 11.6. The minimum Gasteiger partial charge on any atom is -0.379 e. The third-order valence-corrected chi connectivity index (χ3v) is 7.04. The zero-order valence-corrected chi connectivity index (χ0v) is 17.9. The molecule has 0 spiro atoms. The maximum Gasteiger partial charge on any atom is 0.0927 e. The Hall–Kier alpha value is -2.35. The number of benzene rings is 1. The number of nitrogens with zero attached hydrogens (tertiary/aromatic N) is 5.